The first-order chi connectivity index (χ1) is 12.1. The highest BCUT2D eigenvalue weighted by molar-refractivity contribution is 5.97. The van der Waals surface area contributed by atoms with Crippen LogP contribution < -0.4 is 15.0 Å². The standard InChI is InChI=1S/C20H22N2O3/c1-15-7-9-18(10-8-15)25-13-11-19(23)21-16-4-2-5-17(14-16)22-12-3-6-20(22)24/h2,4-5,7-10,14H,3,6,11-13H2,1H3,(H,21,23). The molecule has 3 rings (SSSR count). The second kappa shape index (κ2) is 7.83. The maximum Gasteiger partial charge on any atom is 0.227 e. The number of aryl methyl sites for hydroxylation is 1. The molecular formula is C20H22N2O3. The van der Waals surface area contributed by atoms with Gasteiger partial charge in [-0.2, -0.15) is 0 Å². The number of nitrogens with zero attached hydrogens (tertiary/aromatic N) is 1. The largest absolute Gasteiger partial charge is 0.493 e. The van der Waals surface area contributed by atoms with E-state index in [0.717, 1.165) is 24.4 Å². The molecule has 2 aromatic rings. The van der Waals surface area contributed by atoms with E-state index in [1.54, 1.807) is 4.90 Å². The number of benzene rings is 2. The molecule has 0 saturated carbocycles. The number of nitrogens with one attached hydrogen (secondary N) is 1. The Balaban J connectivity index is 1.50. The van der Waals surface area contributed by atoms with E-state index in [1.165, 1.54) is 5.56 Å². The molecule has 2 aromatic carbocycles. The van der Waals surface area contributed by atoms with E-state index in [1.807, 2.05) is 55.5 Å². The molecule has 25 heavy (non-hydrogen) atoms. The topological polar surface area (TPSA) is 58.6 Å². The van der Waals surface area contributed by atoms with Crippen molar-refractivity contribution in [2.75, 3.05) is 23.4 Å². The number of ether oxygens (including phenoxy) is 1. The number of carbonyl (C=O) groups is 2. The van der Waals surface area contributed by atoms with Crippen molar-refractivity contribution in [2.24, 2.45) is 0 Å². The second-order valence-electron chi connectivity index (χ2n) is 6.16. The smallest absolute Gasteiger partial charge is 0.227 e. The molecule has 0 bridgehead atoms. The summed E-state index contributed by atoms with van der Waals surface area (Å²) < 4.78 is 5.57. The molecule has 1 saturated heterocycles. The minimum Gasteiger partial charge on any atom is -0.493 e. The van der Waals surface area contributed by atoms with Gasteiger partial charge in [0.1, 0.15) is 5.75 Å². The van der Waals surface area contributed by atoms with Crippen molar-refractivity contribution in [3.05, 3.63) is 54.1 Å². The number of amides is 2. The van der Waals surface area contributed by atoms with Crippen LogP contribution in [0, 0.1) is 6.92 Å². The van der Waals surface area contributed by atoms with Gasteiger partial charge in [0.05, 0.1) is 13.0 Å². The van der Waals surface area contributed by atoms with E-state index in [0.29, 0.717) is 18.7 Å². The Labute approximate surface area is 147 Å². The predicted octanol–water partition coefficient (Wildman–Crippen LogP) is 3.53. The van der Waals surface area contributed by atoms with Crippen LogP contribution in [0.15, 0.2) is 48.5 Å². The summed E-state index contributed by atoms with van der Waals surface area (Å²) in [6, 6.07) is 15.1. The van der Waals surface area contributed by atoms with E-state index < -0.39 is 0 Å². The maximum absolute atomic E-state index is 12.1. The van der Waals surface area contributed by atoms with E-state index >= 15 is 0 Å². The van der Waals surface area contributed by atoms with Crippen molar-refractivity contribution in [2.45, 2.75) is 26.2 Å². The van der Waals surface area contributed by atoms with E-state index in [9.17, 15) is 9.59 Å². The molecular weight excluding hydrogens is 316 g/mol. The van der Waals surface area contributed by atoms with Crippen LogP contribution in [0.3, 0.4) is 0 Å². The lowest BCUT2D eigenvalue weighted by Crippen LogP contribution is -2.23. The molecule has 0 atom stereocenters. The summed E-state index contributed by atoms with van der Waals surface area (Å²) in [6.07, 6.45) is 1.74. The molecule has 1 fully saturated rings. The van der Waals surface area contributed by atoms with Crippen LogP contribution in [-0.2, 0) is 9.59 Å². The third kappa shape index (κ3) is 4.59. The van der Waals surface area contributed by atoms with Crippen molar-refractivity contribution >= 4 is 23.2 Å². The van der Waals surface area contributed by atoms with Gasteiger partial charge < -0.3 is 15.0 Å². The zero-order valence-corrected chi connectivity index (χ0v) is 14.3. The molecule has 1 aliphatic heterocycles. The van der Waals surface area contributed by atoms with Crippen LogP contribution >= 0.6 is 0 Å². The van der Waals surface area contributed by atoms with Crippen molar-refractivity contribution in [1.82, 2.24) is 0 Å². The highest BCUT2D eigenvalue weighted by Gasteiger charge is 2.21. The third-order valence-corrected chi connectivity index (χ3v) is 4.13. The molecule has 0 aliphatic carbocycles. The van der Waals surface area contributed by atoms with Gasteiger partial charge in [-0.15, -0.1) is 0 Å². The summed E-state index contributed by atoms with van der Waals surface area (Å²) in [5.41, 5.74) is 2.69. The minimum absolute atomic E-state index is 0.114. The fraction of sp³-hybridized carbons (Fsp3) is 0.300. The van der Waals surface area contributed by atoms with Gasteiger partial charge in [0.25, 0.3) is 0 Å². The summed E-state index contributed by atoms with van der Waals surface area (Å²) in [4.78, 5) is 25.7. The molecule has 2 amide bonds. The summed E-state index contributed by atoms with van der Waals surface area (Å²) >= 11 is 0. The van der Waals surface area contributed by atoms with Crippen LogP contribution in [0.5, 0.6) is 5.75 Å². The molecule has 5 heteroatoms. The van der Waals surface area contributed by atoms with Gasteiger partial charge in [-0.3, -0.25) is 9.59 Å². The lowest BCUT2D eigenvalue weighted by molar-refractivity contribution is -0.117. The first kappa shape index (κ1) is 17.0. The number of anilines is 2. The average Bonchev–Trinajstić information content (AvgIpc) is 3.03. The van der Waals surface area contributed by atoms with Crippen LogP contribution in [0.1, 0.15) is 24.8 Å². The predicted molar refractivity (Wildman–Crippen MR) is 97.9 cm³/mol. The number of hydrogen-bond acceptors (Lipinski definition) is 3. The Morgan fingerprint density at radius 3 is 2.72 bits per heavy atom. The average molecular weight is 338 g/mol. The molecule has 1 aliphatic rings. The van der Waals surface area contributed by atoms with Crippen molar-refractivity contribution in [3.8, 4) is 5.75 Å². The van der Waals surface area contributed by atoms with Gasteiger partial charge in [0.15, 0.2) is 0 Å². The highest BCUT2D eigenvalue weighted by atomic mass is 16.5. The van der Waals surface area contributed by atoms with E-state index in [4.69, 9.17) is 4.74 Å². The lowest BCUT2D eigenvalue weighted by atomic mass is 10.2. The number of carbonyl (C=O) groups excluding carboxylic acids is 2. The third-order valence-electron chi connectivity index (χ3n) is 4.13. The molecule has 0 spiro atoms. The van der Waals surface area contributed by atoms with Crippen molar-refractivity contribution in [1.29, 1.82) is 0 Å². The van der Waals surface area contributed by atoms with Gasteiger partial charge in [0.2, 0.25) is 11.8 Å². The Bertz CT molecular complexity index is 756. The van der Waals surface area contributed by atoms with Gasteiger partial charge in [-0.1, -0.05) is 23.8 Å². The molecule has 1 heterocycles. The monoisotopic (exact) mass is 338 g/mol. The lowest BCUT2D eigenvalue weighted by Gasteiger charge is -2.16. The number of hydrogen-bond donors (Lipinski definition) is 1. The zero-order valence-electron chi connectivity index (χ0n) is 14.3. The second-order valence-corrected chi connectivity index (χ2v) is 6.16. The Kier molecular flexibility index (Phi) is 5.33. The Morgan fingerprint density at radius 2 is 2.00 bits per heavy atom. The fourth-order valence-corrected chi connectivity index (χ4v) is 2.79. The first-order valence-corrected chi connectivity index (χ1v) is 8.51. The summed E-state index contributed by atoms with van der Waals surface area (Å²) in [5.74, 6) is 0.778. The minimum atomic E-state index is -0.114. The normalized spacial score (nSPS) is 13.8. The highest BCUT2D eigenvalue weighted by Crippen LogP contribution is 2.24. The van der Waals surface area contributed by atoms with Gasteiger partial charge >= 0.3 is 0 Å². The molecule has 0 radical (unpaired) electrons. The fourth-order valence-electron chi connectivity index (χ4n) is 2.79. The molecule has 1 N–H and O–H groups in total. The first-order valence-electron chi connectivity index (χ1n) is 8.51. The van der Waals surface area contributed by atoms with Crippen LogP contribution in [0.2, 0.25) is 0 Å². The van der Waals surface area contributed by atoms with Crippen LogP contribution in [-0.4, -0.2) is 25.0 Å². The molecule has 5 nitrogen and oxygen atoms in total. The molecule has 0 unspecified atom stereocenters. The van der Waals surface area contributed by atoms with Gasteiger partial charge in [0, 0.05) is 24.3 Å². The van der Waals surface area contributed by atoms with E-state index in [2.05, 4.69) is 5.32 Å². The summed E-state index contributed by atoms with van der Waals surface area (Å²) in [6.45, 7) is 3.07. The molecule has 0 aromatic heterocycles. The van der Waals surface area contributed by atoms with Gasteiger partial charge in [-0.05, 0) is 43.7 Å². The Morgan fingerprint density at radius 1 is 1.20 bits per heavy atom. The zero-order chi connectivity index (χ0) is 17.6. The van der Waals surface area contributed by atoms with Gasteiger partial charge in [-0.25, -0.2) is 0 Å². The van der Waals surface area contributed by atoms with E-state index in [-0.39, 0.29) is 18.2 Å². The van der Waals surface area contributed by atoms with Crippen molar-refractivity contribution < 1.29 is 14.3 Å². The maximum atomic E-state index is 12.1. The summed E-state index contributed by atoms with van der Waals surface area (Å²) in [5, 5.41) is 2.86. The molecule has 130 valence electrons. The summed E-state index contributed by atoms with van der Waals surface area (Å²) in [7, 11) is 0. The Hall–Kier alpha value is -2.82. The van der Waals surface area contributed by atoms with Crippen LogP contribution in [0.4, 0.5) is 11.4 Å². The SMILES string of the molecule is Cc1ccc(OCCC(=O)Nc2cccc(N3CCCC3=O)c2)cc1. The number of rotatable bonds is 6. The quantitative estimate of drug-likeness (QED) is 0.876. The van der Waals surface area contributed by atoms with Crippen molar-refractivity contribution in [3.63, 3.8) is 0 Å². The van der Waals surface area contributed by atoms with Crippen LogP contribution in [0.25, 0.3) is 0 Å².